The summed E-state index contributed by atoms with van der Waals surface area (Å²) in [6.07, 6.45) is 0. The number of fused-ring (bicyclic) bond motifs is 2. The molecule has 3 aromatic rings. The first-order valence-corrected chi connectivity index (χ1v) is 9.44. The summed E-state index contributed by atoms with van der Waals surface area (Å²) in [5, 5.41) is 0.651. The quantitative estimate of drug-likeness (QED) is 0.482. The van der Waals surface area contributed by atoms with E-state index >= 15 is 0 Å². The molecular formula is C21H15ClN2O2S. The summed E-state index contributed by atoms with van der Waals surface area (Å²) < 4.78 is 0. The third-order valence-corrected chi connectivity index (χ3v) is 5.48. The Labute approximate surface area is 166 Å². The van der Waals surface area contributed by atoms with E-state index in [1.807, 2.05) is 48.5 Å². The molecule has 0 aliphatic carbocycles. The average molecular weight is 395 g/mol. The van der Waals surface area contributed by atoms with Gasteiger partial charge in [0.25, 0.3) is 5.91 Å². The number of benzene rings is 3. The predicted molar refractivity (Wildman–Crippen MR) is 108 cm³/mol. The van der Waals surface area contributed by atoms with Gasteiger partial charge in [-0.3, -0.25) is 9.63 Å². The van der Waals surface area contributed by atoms with Gasteiger partial charge in [-0.1, -0.05) is 53.7 Å². The third-order valence-electron chi connectivity index (χ3n) is 4.11. The molecule has 1 aliphatic rings. The third kappa shape index (κ3) is 3.62. The second kappa shape index (κ2) is 7.56. The number of hydrogen-bond donors (Lipinski definition) is 1. The van der Waals surface area contributed by atoms with Gasteiger partial charge in [-0.25, -0.2) is 10.5 Å². The van der Waals surface area contributed by atoms with E-state index in [1.165, 1.54) is 7.11 Å². The van der Waals surface area contributed by atoms with Crippen molar-refractivity contribution in [2.24, 2.45) is 4.99 Å². The molecule has 27 heavy (non-hydrogen) atoms. The maximum Gasteiger partial charge on any atom is 0.274 e. The summed E-state index contributed by atoms with van der Waals surface area (Å²) in [7, 11) is 1.41. The fourth-order valence-electron chi connectivity index (χ4n) is 2.89. The average Bonchev–Trinajstić information content (AvgIpc) is 2.84. The molecular weight excluding hydrogens is 380 g/mol. The summed E-state index contributed by atoms with van der Waals surface area (Å²) in [6, 6.07) is 21.2. The minimum atomic E-state index is -0.313. The number of rotatable bonds is 3. The van der Waals surface area contributed by atoms with Gasteiger partial charge in [0.05, 0.1) is 18.5 Å². The summed E-state index contributed by atoms with van der Waals surface area (Å²) >= 11 is 7.84. The Hall–Kier alpha value is -2.60. The van der Waals surface area contributed by atoms with Crippen molar-refractivity contribution in [3.63, 3.8) is 0 Å². The number of halogens is 1. The van der Waals surface area contributed by atoms with Gasteiger partial charge in [-0.2, -0.15) is 0 Å². The second-order valence-corrected chi connectivity index (χ2v) is 7.41. The predicted octanol–water partition coefficient (Wildman–Crippen LogP) is 5.26. The minimum absolute atomic E-state index is 0.313. The van der Waals surface area contributed by atoms with Crippen molar-refractivity contribution in [1.82, 2.24) is 5.48 Å². The van der Waals surface area contributed by atoms with Gasteiger partial charge in [-0.05, 0) is 36.4 Å². The Morgan fingerprint density at radius 3 is 2.70 bits per heavy atom. The van der Waals surface area contributed by atoms with E-state index < -0.39 is 0 Å². The van der Waals surface area contributed by atoms with Crippen LogP contribution in [0.2, 0.25) is 5.02 Å². The molecule has 0 fully saturated rings. The van der Waals surface area contributed by atoms with Crippen molar-refractivity contribution >= 4 is 40.7 Å². The zero-order chi connectivity index (χ0) is 18.8. The molecule has 0 unspecified atom stereocenters. The Morgan fingerprint density at radius 1 is 1.04 bits per heavy atom. The van der Waals surface area contributed by atoms with Crippen LogP contribution in [0.5, 0.6) is 0 Å². The molecule has 1 N–H and O–H groups in total. The number of amides is 1. The highest BCUT2D eigenvalue weighted by Crippen LogP contribution is 2.41. The maximum absolute atomic E-state index is 12.1. The molecule has 6 heteroatoms. The lowest BCUT2D eigenvalue weighted by Crippen LogP contribution is -2.21. The van der Waals surface area contributed by atoms with Crippen LogP contribution < -0.4 is 5.48 Å². The Bertz CT molecular complexity index is 1070. The zero-order valence-corrected chi connectivity index (χ0v) is 16.0. The minimum Gasteiger partial charge on any atom is -0.277 e. The molecule has 4 nitrogen and oxygen atoms in total. The van der Waals surface area contributed by atoms with Crippen LogP contribution in [-0.2, 0) is 4.84 Å². The Morgan fingerprint density at radius 2 is 1.89 bits per heavy atom. The summed E-state index contributed by atoms with van der Waals surface area (Å²) in [6.45, 7) is 0. The molecule has 3 aromatic carbocycles. The molecule has 4 rings (SSSR count). The normalized spacial score (nSPS) is 12.4. The number of nitrogens with one attached hydrogen (secondary N) is 1. The lowest BCUT2D eigenvalue weighted by atomic mass is 10.0. The van der Waals surface area contributed by atoms with Crippen molar-refractivity contribution in [2.75, 3.05) is 7.11 Å². The molecule has 0 atom stereocenters. The molecule has 134 valence electrons. The van der Waals surface area contributed by atoms with Crippen LogP contribution in [0, 0.1) is 0 Å². The first-order chi connectivity index (χ1) is 13.2. The van der Waals surface area contributed by atoms with Crippen molar-refractivity contribution < 1.29 is 9.63 Å². The molecule has 0 bridgehead atoms. The maximum atomic E-state index is 12.1. The van der Waals surface area contributed by atoms with Gasteiger partial charge < -0.3 is 0 Å². The molecule has 0 aromatic heterocycles. The fourth-order valence-corrected chi connectivity index (χ4v) is 4.08. The highest BCUT2D eigenvalue weighted by atomic mass is 35.5. The van der Waals surface area contributed by atoms with Gasteiger partial charge >= 0.3 is 0 Å². The SMILES string of the molecule is CONC(=O)c1ccc2c(c1)N=C(c1cccc(Cl)c1)c1ccccc1S2. The zero-order valence-electron chi connectivity index (χ0n) is 14.4. The number of hydrogen-bond acceptors (Lipinski definition) is 4. The molecule has 1 amide bonds. The molecule has 0 spiro atoms. The fraction of sp³-hybridized carbons (Fsp3) is 0.0476. The number of nitrogens with zero attached hydrogens (tertiary/aromatic N) is 1. The summed E-state index contributed by atoms with van der Waals surface area (Å²) in [4.78, 5) is 23.8. The summed E-state index contributed by atoms with van der Waals surface area (Å²) in [5.74, 6) is -0.313. The monoisotopic (exact) mass is 394 g/mol. The smallest absolute Gasteiger partial charge is 0.274 e. The van der Waals surface area contributed by atoms with Crippen molar-refractivity contribution in [3.8, 4) is 0 Å². The second-order valence-electron chi connectivity index (χ2n) is 5.89. The highest BCUT2D eigenvalue weighted by Gasteiger charge is 2.20. The van der Waals surface area contributed by atoms with Gasteiger partial charge in [0.15, 0.2) is 0 Å². The number of carbonyl (C=O) groups excluding carboxylic acids is 1. The van der Waals surface area contributed by atoms with E-state index in [0.717, 1.165) is 32.3 Å². The van der Waals surface area contributed by atoms with Gasteiger partial charge in [0.2, 0.25) is 0 Å². The van der Waals surface area contributed by atoms with Gasteiger partial charge in [0.1, 0.15) is 0 Å². The Balaban J connectivity index is 1.91. The molecule has 1 heterocycles. The van der Waals surface area contributed by atoms with Crippen LogP contribution in [0.15, 0.2) is 81.5 Å². The van der Waals surface area contributed by atoms with E-state index in [9.17, 15) is 4.79 Å². The standard InChI is InChI=1S/C21H15ClN2O2S/c1-26-24-21(25)14-9-10-19-17(12-14)23-20(13-5-4-6-15(22)11-13)16-7-2-3-8-18(16)27-19/h2-12H,1H3,(H,24,25). The lowest BCUT2D eigenvalue weighted by Gasteiger charge is -2.09. The molecule has 1 aliphatic heterocycles. The molecule has 0 radical (unpaired) electrons. The van der Waals surface area contributed by atoms with Crippen LogP contribution >= 0.6 is 23.4 Å². The van der Waals surface area contributed by atoms with Crippen molar-refractivity contribution in [1.29, 1.82) is 0 Å². The van der Waals surface area contributed by atoms with Crippen LogP contribution in [0.1, 0.15) is 21.5 Å². The van der Waals surface area contributed by atoms with Gasteiger partial charge in [0, 0.05) is 31.5 Å². The summed E-state index contributed by atoms with van der Waals surface area (Å²) in [5.41, 5.74) is 6.33. The molecule has 0 saturated carbocycles. The Kier molecular flexibility index (Phi) is 4.99. The van der Waals surface area contributed by atoms with Crippen molar-refractivity contribution in [3.05, 3.63) is 88.4 Å². The van der Waals surface area contributed by atoms with Crippen LogP contribution in [-0.4, -0.2) is 18.7 Å². The highest BCUT2D eigenvalue weighted by molar-refractivity contribution is 7.99. The molecule has 0 saturated heterocycles. The largest absolute Gasteiger partial charge is 0.277 e. The first-order valence-electron chi connectivity index (χ1n) is 8.25. The number of aliphatic imine (C=N–C) groups is 1. The van der Waals surface area contributed by atoms with Gasteiger partial charge in [-0.15, -0.1) is 0 Å². The van der Waals surface area contributed by atoms with Crippen LogP contribution in [0.4, 0.5) is 5.69 Å². The van der Waals surface area contributed by atoms with E-state index in [1.54, 1.807) is 23.9 Å². The van der Waals surface area contributed by atoms with Crippen LogP contribution in [0.25, 0.3) is 0 Å². The first kappa shape index (κ1) is 17.8. The number of hydroxylamine groups is 1. The van der Waals surface area contributed by atoms with Crippen molar-refractivity contribution in [2.45, 2.75) is 9.79 Å². The lowest BCUT2D eigenvalue weighted by molar-refractivity contribution is 0.0537. The number of carbonyl (C=O) groups is 1. The van der Waals surface area contributed by atoms with E-state index in [-0.39, 0.29) is 5.91 Å². The van der Waals surface area contributed by atoms with E-state index in [0.29, 0.717) is 10.6 Å². The van der Waals surface area contributed by atoms with E-state index in [2.05, 4.69) is 11.5 Å². The topological polar surface area (TPSA) is 50.7 Å². The van der Waals surface area contributed by atoms with E-state index in [4.69, 9.17) is 21.4 Å². The van der Waals surface area contributed by atoms with Crippen LogP contribution in [0.3, 0.4) is 0 Å².